The number of carbonyl (C=O) groups excluding carboxylic acids is 1. The summed E-state index contributed by atoms with van der Waals surface area (Å²) in [5.74, 6) is 1.40. The van der Waals surface area contributed by atoms with E-state index in [1.165, 1.54) is 0 Å². The van der Waals surface area contributed by atoms with Crippen LogP contribution in [0.3, 0.4) is 0 Å². The molecular weight excluding hydrogens is 120 g/mol. The summed E-state index contributed by atoms with van der Waals surface area (Å²) in [5.41, 5.74) is 0. The average Bonchev–Trinajstić information content (AvgIpc) is 2.14. The van der Waals surface area contributed by atoms with Gasteiger partial charge in [0, 0.05) is 16.9 Å². The molecule has 0 aromatic rings. The molecule has 2 unspecified atom stereocenters. The van der Waals surface area contributed by atoms with Gasteiger partial charge < -0.3 is 4.79 Å². The summed E-state index contributed by atoms with van der Waals surface area (Å²) in [6, 6.07) is 0. The van der Waals surface area contributed by atoms with Crippen molar-refractivity contribution in [3.8, 4) is 0 Å². The lowest BCUT2D eigenvalue weighted by molar-refractivity contribution is -0.110. The van der Waals surface area contributed by atoms with Crippen LogP contribution >= 0.6 is 11.8 Å². The summed E-state index contributed by atoms with van der Waals surface area (Å²) >= 11 is 1.90. The van der Waals surface area contributed by atoms with Crippen molar-refractivity contribution >= 4 is 18.0 Å². The lowest BCUT2D eigenvalue weighted by Gasteiger charge is -1.94. The van der Waals surface area contributed by atoms with Crippen molar-refractivity contribution in [3.63, 3.8) is 0 Å². The molecule has 0 bridgehead atoms. The maximum absolute atomic E-state index is 10.1. The molecule has 1 aliphatic rings. The summed E-state index contributed by atoms with van der Waals surface area (Å²) < 4.78 is 0. The van der Waals surface area contributed by atoms with Crippen molar-refractivity contribution in [2.75, 3.05) is 5.75 Å². The molecule has 1 aliphatic heterocycles. The van der Waals surface area contributed by atoms with Crippen LogP contribution in [-0.2, 0) is 4.79 Å². The minimum atomic E-state index is 0.356. The fourth-order valence-corrected chi connectivity index (χ4v) is 2.12. The molecule has 0 spiro atoms. The molecule has 1 nitrogen and oxygen atoms in total. The fourth-order valence-electron chi connectivity index (χ4n) is 0.945. The normalized spacial score (nSPS) is 37.6. The second-order valence-electron chi connectivity index (χ2n) is 2.28. The maximum atomic E-state index is 10.1. The van der Waals surface area contributed by atoms with Gasteiger partial charge in [0.15, 0.2) is 0 Å². The number of hydrogen-bond donors (Lipinski definition) is 0. The van der Waals surface area contributed by atoms with E-state index in [0.29, 0.717) is 11.2 Å². The molecule has 2 heteroatoms. The highest BCUT2D eigenvalue weighted by Crippen LogP contribution is 2.29. The molecule has 1 heterocycles. The van der Waals surface area contributed by atoms with E-state index >= 15 is 0 Å². The standard InChI is InChI=1S/C6H10OS/c1-5-2-6(3-7)4-8-5/h3,5-6H,2,4H2,1H3. The Balaban J connectivity index is 2.32. The predicted octanol–water partition coefficient (Wildman–Crippen LogP) is 1.33. The van der Waals surface area contributed by atoms with Crippen LogP contribution in [0.1, 0.15) is 13.3 Å². The largest absolute Gasteiger partial charge is 0.303 e. The van der Waals surface area contributed by atoms with Crippen molar-refractivity contribution in [2.24, 2.45) is 5.92 Å². The van der Waals surface area contributed by atoms with E-state index < -0.39 is 0 Å². The molecule has 0 radical (unpaired) electrons. The maximum Gasteiger partial charge on any atom is 0.123 e. The minimum Gasteiger partial charge on any atom is -0.303 e. The summed E-state index contributed by atoms with van der Waals surface area (Å²) in [4.78, 5) is 10.1. The topological polar surface area (TPSA) is 17.1 Å². The van der Waals surface area contributed by atoms with E-state index in [1.54, 1.807) is 0 Å². The van der Waals surface area contributed by atoms with Gasteiger partial charge in [0.1, 0.15) is 6.29 Å². The molecule has 8 heavy (non-hydrogen) atoms. The third-order valence-corrected chi connectivity index (χ3v) is 2.80. The van der Waals surface area contributed by atoms with E-state index in [0.717, 1.165) is 18.5 Å². The second-order valence-corrected chi connectivity index (χ2v) is 3.75. The van der Waals surface area contributed by atoms with E-state index in [2.05, 4.69) is 6.92 Å². The van der Waals surface area contributed by atoms with Crippen molar-refractivity contribution < 1.29 is 4.79 Å². The average molecular weight is 130 g/mol. The van der Waals surface area contributed by atoms with E-state index in [-0.39, 0.29) is 0 Å². The molecule has 0 N–H and O–H groups in total. The van der Waals surface area contributed by atoms with Crippen LogP contribution < -0.4 is 0 Å². The summed E-state index contributed by atoms with van der Waals surface area (Å²) in [7, 11) is 0. The van der Waals surface area contributed by atoms with Crippen molar-refractivity contribution in [3.05, 3.63) is 0 Å². The third-order valence-electron chi connectivity index (χ3n) is 1.42. The monoisotopic (exact) mass is 130 g/mol. The molecule has 1 saturated heterocycles. The molecular formula is C6H10OS. The van der Waals surface area contributed by atoms with Gasteiger partial charge in [0.2, 0.25) is 0 Å². The fraction of sp³-hybridized carbons (Fsp3) is 0.833. The van der Waals surface area contributed by atoms with Gasteiger partial charge in [-0.05, 0) is 6.42 Å². The minimum absolute atomic E-state index is 0.356. The lowest BCUT2D eigenvalue weighted by Crippen LogP contribution is -1.99. The highest BCUT2D eigenvalue weighted by Gasteiger charge is 2.20. The highest BCUT2D eigenvalue weighted by atomic mass is 32.2. The third kappa shape index (κ3) is 1.25. The van der Waals surface area contributed by atoms with Crippen LogP contribution in [0.4, 0.5) is 0 Å². The second kappa shape index (κ2) is 2.53. The number of carbonyl (C=O) groups is 1. The van der Waals surface area contributed by atoms with Crippen LogP contribution in [0, 0.1) is 5.92 Å². The summed E-state index contributed by atoms with van der Waals surface area (Å²) in [6.07, 6.45) is 2.17. The van der Waals surface area contributed by atoms with Gasteiger partial charge in [-0.1, -0.05) is 6.92 Å². The Kier molecular flexibility index (Phi) is 1.95. The van der Waals surface area contributed by atoms with Crippen molar-refractivity contribution in [1.82, 2.24) is 0 Å². The molecule has 1 rings (SSSR count). The quantitative estimate of drug-likeness (QED) is 0.498. The van der Waals surface area contributed by atoms with Crippen molar-refractivity contribution in [2.45, 2.75) is 18.6 Å². The highest BCUT2D eigenvalue weighted by molar-refractivity contribution is 8.00. The van der Waals surface area contributed by atoms with Crippen LogP contribution in [0.25, 0.3) is 0 Å². The molecule has 0 amide bonds. The Hall–Kier alpha value is 0.0200. The van der Waals surface area contributed by atoms with Crippen LogP contribution in [0.5, 0.6) is 0 Å². The zero-order chi connectivity index (χ0) is 5.98. The van der Waals surface area contributed by atoms with Gasteiger partial charge in [0.05, 0.1) is 0 Å². The first-order valence-corrected chi connectivity index (χ1v) is 3.94. The Bertz CT molecular complexity index is 92.5. The molecule has 0 saturated carbocycles. The van der Waals surface area contributed by atoms with E-state index in [1.807, 2.05) is 11.8 Å². The van der Waals surface area contributed by atoms with Crippen LogP contribution in [0.15, 0.2) is 0 Å². The molecule has 46 valence electrons. The first kappa shape index (κ1) is 6.14. The molecule has 0 aromatic carbocycles. The summed E-state index contributed by atoms with van der Waals surface area (Å²) in [6.45, 7) is 2.17. The zero-order valence-corrected chi connectivity index (χ0v) is 5.78. The lowest BCUT2D eigenvalue weighted by atomic mass is 10.1. The number of thioether (sulfide) groups is 1. The SMILES string of the molecule is CC1CC(C=O)CS1. The Labute approximate surface area is 53.8 Å². The van der Waals surface area contributed by atoms with Crippen LogP contribution in [0.2, 0.25) is 0 Å². The summed E-state index contributed by atoms with van der Waals surface area (Å²) in [5, 5.41) is 0.713. The number of aldehydes is 1. The first-order valence-electron chi connectivity index (χ1n) is 2.90. The predicted molar refractivity (Wildman–Crippen MR) is 36.1 cm³/mol. The number of hydrogen-bond acceptors (Lipinski definition) is 2. The Morgan fingerprint density at radius 1 is 1.75 bits per heavy atom. The smallest absolute Gasteiger partial charge is 0.123 e. The van der Waals surface area contributed by atoms with Gasteiger partial charge in [-0.2, -0.15) is 11.8 Å². The molecule has 1 fully saturated rings. The first-order chi connectivity index (χ1) is 3.83. The van der Waals surface area contributed by atoms with Gasteiger partial charge in [-0.15, -0.1) is 0 Å². The van der Waals surface area contributed by atoms with E-state index in [4.69, 9.17) is 0 Å². The molecule has 0 aromatic heterocycles. The Morgan fingerprint density at radius 2 is 2.50 bits per heavy atom. The van der Waals surface area contributed by atoms with Crippen molar-refractivity contribution in [1.29, 1.82) is 0 Å². The van der Waals surface area contributed by atoms with E-state index in [9.17, 15) is 4.79 Å². The Morgan fingerprint density at radius 3 is 2.75 bits per heavy atom. The molecule has 2 atom stereocenters. The number of rotatable bonds is 1. The van der Waals surface area contributed by atoms with Gasteiger partial charge in [-0.3, -0.25) is 0 Å². The zero-order valence-electron chi connectivity index (χ0n) is 4.96. The molecule has 0 aliphatic carbocycles. The van der Waals surface area contributed by atoms with Gasteiger partial charge >= 0.3 is 0 Å². The van der Waals surface area contributed by atoms with Crippen LogP contribution in [-0.4, -0.2) is 17.3 Å². The van der Waals surface area contributed by atoms with Gasteiger partial charge in [0.25, 0.3) is 0 Å². The van der Waals surface area contributed by atoms with Gasteiger partial charge in [-0.25, -0.2) is 0 Å².